The van der Waals surface area contributed by atoms with Crippen molar-refractivity contribution >= 4 is 5.91 Å². The van der Waals surface area contributed by atoms with Gasteiger partial charge in [-0.05, 0) is 49.8 Å². The SMILES string of the molecule is COc1cn(-c2cccc(C(F)(F)F)c2)nc1C(=O)N1CCC[C@H]2CCCC[C@H]21. The van der Waals surface area contributed by atoms with E-state index in [1.54, 1.807) is 0 Å². The van der Waals surface area contributed by atoms with E-state index in [1.807, 2.05) is 4.90 Å². The number of hydrogen-bond acceptors (Lipinski definition) is 3. The quantitative estimate of drug-likeness (QED) is 0.741. The third kappa shape index (κ3) is 3.84. The van der Waals surface area contributed by atoms with Crippen LogP contribution in [0.1, 0.15) is 54.6 Å². The van der Waals surface area contributed by atoms with E-state index in [9.17, 15) is 18.0 Å². The number of methoxy groups -OCH3 is 1. The highest BCUT2D eigenvalue weighted by Crippen LogP contribution is 2.37. The molecule has 4 rings (SSSR count). The number of carbonyl (C=O) groups excluding carboxylic acids is 1. The highest BCUT2D eigenvalue weighted by Gasteiger charge is 2.38. The van der Waals surface area contributed by atoms with E-state index >= 15 is 0 Å². The second-order valence-electron chi connectivity index (χ2n) is 7.79. The Morgan fingerprint density at radius 2 is 1.93 bits per heavy atom. The number of halogens is 3. The minimum atomic E-state index is -4.45. The lowest BCUT2D eigenvalue weighted by atomic mass is 9.78. The van der Waals surface area contributed by atoms with Gasteiger partial charge in [-0.15, -0.1) is 0 Å². The summed E-state index contributed by atoms with van der Waals surface area (Å²) in [6.07, 6.45) is 3.57. The van der Waals surface area contributed by atoms with Gasteiger partial charge in [-0.3, -0.25) is 4.79 Å². The Labute approximate surface area is 167 Å². The maximum Gasteiger partial charge on any atom is 0.416 e. The zero-order chi connectivity index (χ0) is 20.6. The molecule has 29 heavy (non-hydrogen) atoms. The molecule has 8 heteroatoms. The van der Waals surface area contributed by atoms with Crippen LogP contribution in [-0.4, -0.2) is 40.3 Å². The third-order valence-electron chi connectivity index (χ3n) is 6.05. The molecular weight excluding hydrogens is 383 g/mol. The molecule has 2 heterocycles. The molecule has 0 unspecified atom stereocenters. The lowest BCUT2D eigenvalue weighted by molar-refractivity contribution is -0.137. The summed E-state index contributed by atoms with van der Waals surface area (Å²) in [6.45, 7) is 0.680. The van der Waals surface area contributed by atoms with Crippen molar-refractivity contribution in [2.24, 2.45) is 5.92 Å². The minimum Gasteiger partial charge on any atom is -0.493 e. The maximum atomic E-state index is 13.3. The maximum absolute atomic E-state index is 13.3. The highest BCUT2D eigenvalue weighted by atomic mass is 19.4. The van der Waals surface area contributed by atoms with Crippen LogP contribution in [0.2, 0.25) is 0 Å². The van der Waals surface area contributed by atoms with Crippen molar-refractivity contribution in [3.63, 3.8) is 0 Å². The molecule has 1 aliphatic carbocycles. The molecule has 1 aromatic carbocycles. The van der Waals surface area contributed by atoms with Gasteiger partial charge in [-0.2, -0.15) is 18.3 Å². The summed E-state index contributed by atoms with van der Waals surface area (Å²) >= 11 is 0. The number of fused-ring (bicyclic) bond motifs is 1. The smallest absolute Gasteiger partial charge is 0.416 e. The monoisotopic (exact) mass is 407 g/mol. The molecule has 1 amide bonds. The van der Waals surface area contributed by atoms with Crippen LogP contribution in [0.4, 0.5) is 13.2 Å². The van der Waals surface area contributed by atoms with Crippen molar-refractivity contribution in [3.05, 3.63) is 41.7 Å². The van der Waals surface area contributed by atoms with Crippen molar-refractivity contribution in [2.45, 2.75) is 50.7 Å². The van der Waals surface area contributed by atoms with E-state index in [1.165, 1.54) is 36.5 Å². The lowest BCUT2D eigenvalue weighted by Gasteiger charge is -2.43. The van der Waals surface area contributed by atoms with Crippen molar-refractivity contribution in [2.75, 3.05) is 13.7 Å². The predicted molar refractivity (Wildman–Crippen MR) is 101 cm³/mol. The first-order valence-electron chi connectivity index (χ1n) is 10.0. The Morgan fingerprint density at radius 3 is 2.69 bits per heavy atom. The number of benzene rings is 1. The number of amides is 1. The molecular formula is C21H24F3N3O2. The van der Waals surface area contributed by atoms with Crippen molar-refractivity contribution in [1.29, 1.82) is 0 Å². The van der Waals surface area contributed by atoms with Gasteiger partial charge in [0.05, 0.1) is 24.6 Å². The van der Waals surface area contributed by atoms with Crippen molar-refractivity contribution in [3.8, 4) is 11.4 Å². The lowest BCUT2D eigenvalue weighted by Crippen LogP contribution is -2.49. The number of alkyl halides is 3. The third-order valence-corrected chi connectivity index (χ3v) is 6.05. The fourth-order valence-corrected chi connectivity index (χ4v) is 4.63. The molecule has 1 aliphatic heterocycles. The number of carbonyl (C=O) groups is 1. The highest BCUT2D eigenvalue weighted by molar-refractivity contribution is 5.95. The largest absolute Gasteiger partial charge is 0.493 e. The van der Waals surface area contributed by atoms with Gasteiger partial charge in [0.15, 0.2) is 11.4 Å². The van der Waals surface area contributed by atoms with E-state index in [-0.39, 0.29) is 29.1 Å². The number of ether oxygens (including phenoxy) is 1. The van der Waals surface area contributed by atoms with Crippen molar-refractivity contribution in [1.82, 2.24) is 14.7 Å². The van der Waals surface area contributed by atoms with Gasteiger partial charge in [-0.25, -0.2) is 4.68 Å². The number of piperidine rings is 1. The van der Waals surface area contributed by atoms with Gasteiger partial charge in [-0.1, -0.05) is 18.9 Å². The second kappa shape index (κ2) is 7.72. The topological polar surface area (TPSA) is 47.4 Å². The Morgan fingerprint density at radius 1 is 1.17 bits per heavy atom. The molecule has 1 saturated carbocycles. The van der Waals surface area contributed by atoms with Crippen LogP contribution in [0.25, 0.3) is 5.69 Å². The molecule has 2 fully saturated rings. The summed E-state index contributed by atoms with van der Waals surface area (Å²) in [4.78, 5) is 15.2. The molecule has 156 valence electrons. The van der Waals surface area contributed by atoms with Gasteiger partial charge in [0.25, 0.3) is 5.91 Å². The summed E-state index contributed by atoms with van der Waals surface area (Å²) in [5, 5.41) is 4.32. The summed E-state index contributed by atoms with van der Waals surface area (Å²) in [5.41, 5.74) is -0.388. The van der Waals surface area contributed by atoms with Crippen LogP contribution >= 0.6 is 0 Å². The normalized spacial score (nSPS) is 22.3. The van der Waals surface area contributed by atoms with E-state index < -0.39 is 11.7 Å². The standard InChI is InChI=1S/C21H24F3N3O2/c1-29-18-13-27(16-9-4-8-15(12-16)21(22,23)24)25-19(18)20(28)26-11-5-7-14-6-2-3-10-17(14)26/h4,8-9,12-14,17H,2-3,5-7,10-11H2,1H3/t14-,17-/m1/s1. The zero-order valence-corrected chi connectivity index (χ0v) is 16.3. The summed E-state index contributed by atoms with van der Waals surface area (Å²) < 4.78 is 45.8. The number of nitrogens with zero attached hydrogens (tertiary/aromatic N) is 3. The molecule has 5 nitrogen and oxygen atoms in total. The van der Waals surface area contributed by atoms with E-state index in [0.717, 1.165) is 44.2 Å². The first-order valence-corrected chi connectivity index (χ1v) is 10.0. The summed E-state index contributed by atoms with van der Waals surface area (Å²) in [5.74, 6) is 0.590. The molecule has 1 aromatic heterocycles. The summed E-state index contributed by atoms with van der Waals surface area (Å²) in [6, 6.07) is 5.08. The van der Waals surface area contributed by atoms with Gasteiger partial charge in [0.1, 0.15) is 0 Å². The van der Waals surface area contributed by atoms with Gasteiger partial charge >= 0.3 is 6.18 Å². The predicted octanol–water partition coefficient (Wildman–Crippen LogP) is 4.69. The number of likely N-dealkylation sites (tertiary alicyclic amines) is 1. The van der Waals surface area contributed by atoms with Crippen LogP contribution in [0.5, 0.6) is 5.75 Å². The van der Waals surface area contributed by atoms with Gasteiger partial charge in [0.2, 0.25) is 0 Å². The fraction of sp³-hybridized carbons (Fsp3) is 0.524. The molecule has 0 N–H and O–H groups in total. The number of rotatable bonds is 3. The van der Waals surface area contributed by atoms with Crippen LogP contribution < -0.4 is 4.74 Å². The zero-order valence-electron chi connectivity index (χ0n) is 16.3. The molecule has 2 aliphatic rings. The molecule has 0 spiro atoms. The minimum absolute atomic E-state index is 0.149. The average molecular weight is 407 g/mol. The van der Waals surface area contributed by atoms with Crippen LogP contribution in [0, 0.1) is 5.92 Å². The summed E-state index contributed by atoms with van der Waals surface area (Å²) in [7, 11) is 1.43. The fourth-order valence-electron chi connectivity index (χ4n) is 4.63. The van der Waals surface area contributed by atoms with Gasteiger partial charge in [0, 0.05) is 12.6 Å². The first-order chi connectivity index (χ1) is 13.9. The number of hydrogen-bond donors (Lipinski definition) is 0. The van der Waals surface area contributed by atoms with Gasteiger partial charge < -0.3 is 9.64 Å². The van der Waals surface area contributed by atoms with Crippen LogP contribution in [0.15, 0.2) is 30.5 Å². The Kier molecular flexibility index (Phi) is 5.27. The first kappa shape index (κ1) is 19.8. The molecule has 1 saturated heterocycles. The van der Waals surface area contributed by atoms with Crippen LogP contribution in [0.3, 0.4) is 0 Å². The molecule has 0 radical (unpaired) electrons. The van der Waals surface area contributed by atoms with E-state index in [4.69, 9.17) is 4.74 Å². The van der Waals surface area contributed by atoms with E-state index in [2.05, 4.69) is 5.10 Å². The van der Waals surface area contributed by atoms with Crippen LogP contribution in [-0.2, 0) is 6.18 Å². The number of aromatic nitrogens is 2. The molecule has 2 atom stereocenters. The Balaban J connectivity index is 1.65. The van der Waals surface area contributed by atoms with E-state index in [0.29, 0.717) is 12.5 Å². The Bertz CT molecular complexity index is 892. The Hall–Kier alpha value is -2.51. The van der Waals surface area contributed by atoms with Crippen molar-refractivity contribution < 1.29 is 22.7 Å². The second-order valence-corrected chi connectivity index (χ2v) is 7.79. The molecule has 0 bridgehead atoms. The molecule has 2 aromatic rings. The average Bonchev–Trinajstić information content (AvgIpc) is 3.17.